The fourth-order valence-corrected chi connectivity index (χ4v) is 3.09. The van der Waals surface area contributed by atoms with Gasteiger partial charge in [0, 0.05) is 27.0 Å². The van der Waals surface area contributed by atoms with Gasteiger partial charge in [-0.25, -0.2) is 0 Å². The van der Waals surface area contributed by atoms with E-state index in [1.807, 2.05) is 12.1 Å². The summed E-state index contributed by atoms with van der Waals surface area (Å²) in [5.74, 6) is -0.494. The lowest BCUT2D eigenvalue weighted by Crippen LogP contribution is -2.11. The number of ketones is 1. The fourth-order valence-electron chi connectivity index (χ4n) is 2.75. The van der Waals surface area contributed by atoms with Gasteiger partial charge in [-0.05, 0) is 40.2 Å². The van der Waals surface area contributed by atoms with E-state index in [0.717, 1.165) is 0 Å². The monoisotopic (exact) mass is 355 g/mol. The first kappa shape index (κ1) is 13.1. The Labute approximate surface area is 134 Å². The maximum atomic E-state index is 12.6. The first-order chi connectivity index (χ1) is 10.6. The number of rotatable bonds is 0. The zero-order valence-corrected chi connectivity index (χ0v) is 12.8. The predicted octanol–water partition coefficient (Wildman–Crippen LogP) is 3.00. The zero-order chi connectivity index (χ0) is 15.4. The number of allylic oxidation sites excluding steroid dienone is 1. The number of carbonyl (C=O) groups excluding carboxylic acids is 2. The Morgan fingerprint density at radius 2 is 1.73 bits per heavy atom. The molecule has 0 saturated carbocycles. The summed E-state index contributed by atoms with van der Waals surface area (Å²) < 4.78 is 0.701. The lowest BCUT2D eigenvalue weighted by molar-refractivity contribution is -0.110. The molecule has 6 heteroatoms. The van der Waals surface area contributed by atoms with Gasteiger partial charge in [-0.3, -0.25) is 9.59 Å². The number of halogens is 1. The molecule has 0 radical (unpaired) electrons. The van der Waals surface area contributed by atoms with Gasteiger partial charge in [0.05, 0.1) is 11.3 Å². The number of amides is 1. The van der Waals surface area contributed by atoms with E-state index in [-0.39, 0.29) is 11.7 Å². The van der Waals surface area contributed by atoms with E-state index in [1.165, 1.54) is 0 Å². The number of para-hydroxylation sites is 1. The summed E-state index contributed by atoms with van der Waals surface area (Å²) in [6.45, 7) is 0. The van der Waals surface area contributed by atoms with Crippen LogP contribution in [0.2, 0.25) is 0 Å². The molecular formula is C16H10BrN3O2. The number of benzene rings is 2. The van der Waals surface area contributed by atoms with Gasteiger partial charge in [-0.2, -0.15) is 0 Å². The maximum absolute atomic E-state index is 12.6. The number of fused-ring (bicyclic) bond motifs is 2. The molecule has 0 aliphatic carbocycles. The molecule has 5 nitrogen and oxygen atoms in total. The number of carbonyl (C=O) groups is 2. The molecule has 0 bridgehead atoms. The SMILES string of the molecule is Nc1cc2c(cc1Br)NC(=O)/C2=C1\Nc2ccccc2C1=O. The van der Waals surface area contributed by atoms with Crippen LogP contribution in [0.25, 0.3) is 5.57 Å². The van der Waals surface area contributed by atoms with Crippen molar-refractivity contribution in [2.45, 2.75) is 0 Å². The highest BCUT2D eigenvalue weighted by Gasteiger charge is 2.35. The summed E-state index contributed by atoms with van der Waals surface area (Å²) in [6, 6.07) is 10.6. The third-order valence-electron chi connectivity index (χ3n) is 3.79. The third-order valence-corrected chi connectivity index (χ3v) is 4.48. The zero-order valence-electron chi connectivity index (χ0n) is 11.2. The Kier molecular flexibility index (Phi) is 2.65. The van der Waals surface area contributed by atoms with Crippen molar-refractivity contribution in [3.8, 4) is 0 Å². The van der Waals surface area contributed by atoms with Crippen LogP contribution in [0.3, 0.4) is 0 Å². The van der Waals surface area contributed by atoms with Crippen molar-refractivity contribution in [3.63, 3.8) is 0 Å². The second kappa shape index (κ2) is 4.45. The molecule has 22 heavy (non-hydrogen) atoms. The van der Waals surface area contributed by atoms with Crippen LogP contribution in [0.5, 0.6) is 0 Å². The highest BCUT2D eigenvalue weighted by Crippen LogP contribution is 2.41. The standard InChI is InChI=1S/C16H10BrN3O2/c17-9-6-12-8(5-10(9)18)13(16(22)20-12)14-15(21)7-3-1-2-4-11(7)19-14/h1-6,19H,18H2,(H,20,22)/b14-13-. The van der Waals surface area contributed by atoms with Crippen molar-refractivity contribution in [1.29, 1.82) is 0 Å². The van der Waals surface area contributed by atoms with Crippen molar-refractivity contribution in [1.82, 2.24) is 0 Å². The normalized spacial score (nSPS) is 18.8. The van der Waals surface area contributed by atoms with Crippen molar-refractivity contribution in [2.75, 3.05) is 16.4 Å². The molecule has 0 spiro atoms. The van der Waals surface area contributed by atoms with Crippen LogP contribution in [0, 0.1) is 0 Å². The largest absolute Gasteiger partial charge is 0.398 e. The Balaban J connectivity index is 1.94. The van der Waals surface area contributed by atoms with Gasteiger partial charge in [-0.15, -0.1) is 0 Å². The molecule has 2 aromatic carbocycles. The molecule has 108 valence electrons. The van der Waals surface area contributed by atoms with E-state index in [1.54, 1.807) is 24.3 Å². The molecule has 2 aliphatic heterocycles. The number of nitrogen functional groups attached to an aromatic ring is 1. The van der Waals surface area contributed by atoms with Gasteiger partial charge < -0.3 is 16.4 Å². The highest BCUT2D eigenvalue weighted by molar-refractivity contribution is 9.10. The minimum atomic E-state index is -0.309. The number of nitrogens with one attached hydrogen (secondary N) is 2. The van der Waals surface area contributed by atoms with E-state index in [4.69, 9.17) is 5.73 Å². The Morgan fingerprint density at radius 1 is 0.955 bits per heavy atom. The van der Waals surface area contributed by atoms with Crippen LogP contribution >= 0.6 is 15.9 Å². The van der Waals surface area contributed by atoms with Crippen LogP contribution in [0.1, 0.15) is 15.9 Å². The van der Waals surface area contributed by atoms with Gasteiger partial charge in [0.1, 0.15) is 5.70 Å². The van der Waals surface area contributed by atoms with Crippen molar-refractivity contribution >= 4 is 50.3 Å². The molecule has 2 aromatic rings. The molecule has 0 atom stereocenters. The lowest BCUT2D eigenvalue weighted by Gasteiger charge is -2.05. The van der Waals surface area contributed by atoms with E-state index in [9.17, 15) is 9.59 Å². The number of Topliss-reactive ketones (excluding diaryl/α,β-unsaturated/α-hetero) is 1. The highest BCUT2D eigenvalue weighted by atomic mass is 79.9. The van der Waals surface area contributed by atoms with Gasteiger partial charge in [-0.1, -0.05) is 12.1 Å². The van der Waals surface area contributed by atoms with Gasteiger partial charge in [0.25, 0.3) is 5.91 Å². The maximum Gasteiger partial charge on any atom is 0.258 e. The number of hydrogen-bond donors (Lipinski definition) is 3. The van der Waals surface area contributed by atoms with Crippen LogP contribution in [0.4, 0.5) is 17.1 Å². The number of hydrogen-bond acceptors (Lipinski definition) is 4. The van der Waals surface area contributed by atoms with E-state index in [2.05, 4.69) is 26.6 Å². The van der Waals surface area contributed by atoms with E-state index < -0.39 is 0 Å². The summed E-state index contributed by atoms with van der Waals surface area (Å²) in [4.78, 5) is 24.9. The Morgan fingerprint density at radius 3 is 2.50 bits per heavy atom. The number of anilines is 3. The van der Waals surface area contributed by atoms with Gasteiger partial charge >= 0.3 is 0 Å². The topological polar surface area (TPSA) is 84.2 Å². The summed E-state index contributed by atoms with van der Waals surface area (Å²) in [7, 11) is 0. The molecule has 0 fully saturated rings. The summed E-state index contributed by atoms with van der Waals surface area (Å²) in [6.07, 6.45) is 0. The summed E-state index contributed by atoms with van der Waals surface area (Å²) in [5, 5.41) is 5.81. The molecule has 4 N–H and O–H groups in total. The molecule has 0 saturated heterocycles. The first-order valence-electron chi connectivity index (χ1n) is 6.62. The minimum absolute atomic E-state index is 0.185. The van der Waals surface area contributed by atoms with E-state index >= 15 is 0 Å². The fraction of sp³-hybridized carbons (Fsp3) is 0. The van der Waals surface area contributed by atoms with Crippen LogP contribution < -0.4 is 16.4 Å². The van der Waals surface area contributed by atoms with Crippen molar-refractivity contribution in [2.24, 2.45) is 0 Å². The molecule has 4 rings (SSSR count). The molecule has 2 aliphatic rings. The molecule has 0 aromatic heterocycles. The van der Waals surface area contributed by atoms with Crippen LogP contribution in [-0.2, 0) is 4.79 Å². The molecule has 0 unspecified atom stereocenters. The van der Waals surface area contributed by atoms with Gasteiger partial charge in [0.15, 0.2) is 0 Å². The van der Waals surface area contributed by atoms with Gasteiger partial charge in [0.2, 0.25) is 5.78 Å². The molecule has 2 heterocycles. The Bertz CT molecular complexity index is 902. The first-order valence-corrected chi connectivity index (χ1v) is 7.41. The Hall–Kier alpha value is -2.60. The summed E-state index contributed by atoms with van der Waals surface area (Å²) in [5.41, 5.74) is 9.58. The second-order valence-corrected chi connectivity index (χ2v) is 5.98. The smallest absolute Gasteiger partial charge is 0.258 e. The van der Waals surface area contributed by atoms with E-state index in [0.29, 0.717) is 43.9 Å². The number of nitrogens with two attached hydrogens (primary N) is 1. The predicted molar refractivity (Wildman–Crippen MR) is 88.5 cm³/mol. The van der Waals surface area contributed by atoms with Crippen molar-refractivity contribution in [3.05, 3.63) is 57.7 Å². The average Bonchev–Trinajstić information content (AvgIpc) is 2.97. The quantitative estimate of drug-likeness (QED) is 0.501. The molecule has 1 amide bonds. The van der Waals surface area contributed by atoms with Crippen molar-refractivity contribution < 1.29 is 9.59 Å². The van der Waals surface area contributed by atoms with Crippen LogP contribution in [0.15, 0.2) is 46.6 Å². The third kappa shape index (κ3) is 1.70. The average molecular weight is 356 g/mol. The molecular weight excluding hydrogens is 346 g/mol. The second-order valence-electron chi connectivity index (χ2n) is 5.12. The summed E-state index contributed by atoms with van der Waals surface area (Å²) >= 11 is 3.33. The minimum Gasteiger partial charge on any atom is -0.398 e. The lowest BCUT2D eigenvalue weighted by atomic mass is 10.0. The van der Waals surface area contributed by atoms with Crippen LogP contribution in [-0.4, -0.2) is 11.7 Å².